The highest BCUT2D eigenvalue weighted by Crippen LogP contribution is 2.42. The third kappa shape index (κ3) is 4.83. The van der Waals surface area contributed by atoms with Gasteiger partial charge in [-0.1, -0.05) is 23.2 Å². The molecule has 0 spiro atoms. The van der Waals surface area contributed by atoms with E-state index in [0.29, 0.717) is 31.3 Å². The van der Waals surface area contributed by atoms with Crippen LogP contribution < -0.4 is 0 Å². The summed E-state index contributed by atoms with van der Waals surface area (Å²) in [6.07, 6.45) is -1.16. The van der Waals surface area contributed by atoms with Gasteiger partial charge in [0.05, 0.1) is 33.7 Å². The van der Waals surface area contributed by atoms with Crippen LogP contribution in [-0.2, 0) is 28.6 Å². The van der Waals surface area contributed by atoms with E-state index in [1.165, 1.54) is 20.8 Å². The molecular formula is C19H19Cl2IN2O6. The number of carbonyl (C=O) groups is 3. The zero-order valence-electron chi connectivity index (χ0n) is 16.4. The first-order chi connectivity index (χ1) is 14.1. The Morgan fingerprint density at radius 1 is 1.07 bits per heavy atom. The van der Waals surface area contributed by atoms with Crippen molar-refractivity contribution in [3.8, 4) is 0 Å². The molecule has 1 saturated carbocycles. The zero-order chi connectivity index (χ0) is 22.2. The van der Waals surface area contributed by atoms with E-state index < -0.39 is 36.2 Å². The number of hydrogen-bond donors (Lipinski definition) is 0. The SMILES string of the molecule is CC(=O)OCC1CC(n2c(I)nc3cc(Cl)c(Cl)cc32)C(OC(C)=O)C1OC(C)=O. The van der Waals surface area contributed by atoms with Gasteiger partial charge in [-0.3, -0.25) is 14.4 Å². The first-order valence-electron chi connectivity index (χ1n) is 9.08. The maximum atomic E-state index is 11.9. The molecule has 0 bridgehead atoms. The van der Waals surface area contributed by atoms with Gasteiger partial charge in [-0.2, -0.15) is 0 Å². The Kier molecular flexibility index (Phi) is 7.13. The quantitative estimate of drug-likeness (QED) is 0.306. The van der Waals surface area contributed by atoms with Crippen molar-refractivity contribution in [2.75, 3.05) is 6.61 Å². The monoisotopic (exact) mass is 568 g/mol. The van der Waals surface area contributed by atoms with E-state index in [1.54, 1.807) is 12.1 Å². The van der Waals surface area contributed by atoms with Crippen LogP contribution in [-0.4, -0.2) is 46.3 Å². The number of imidazole rings is 1. The van der Waals surface area contributed by atoms with Crippen LogP contribution in [0.3, 0.4) is 0 Å². The molecule has 4 atom stereocenters. The molecule has 0 amide bonds. The fraction of sp³-hybridized carbons (Fsp3) is 0.474. The fourth-order valence-corrected chi connectivity index (χ4v) is 4.97. The van der Waals surface area contributed by atoms with Crippen molar-refractivity contribution in [3.05, 3.63) is 26.0 Å². The summed E-state index contributed by atoms with van der Waals surface area (Å²) >= 11 is 14.4. The number of rotatable bonds is 5. The van der Waals surface area contributed by atoms with E-state index in [-0.39, 0.29) is 12.5 Å². The standard InChI is InChI=1S/C19H19Cl2IN2O6/c1-8(25)28-7-11-4-16(18(30-10(3)27)17(11)29-9(2)26)24-15-6-13(21)12(20)5-14(15)23-19(24)22/h5-6,11,16-18H,4,7H2,1-3H3. The largest absolute Gasteiger partial charge is 0.465 e. The number of benzene rings is 1. The topological polar surface area (TPSA) is 96.7 Å². The fourth-order valence-electron chi connectivity index (χ4n) is 3.77. The Balaban J connectivity index is 2.09. The van der Waals surface area contributed by atoms with Crippen LogP contribution in [0.5, 0.6) is 0 Å². The molecule has 1 aromatic heterocycles. The Hall–Kier alpha value is -1.59. The molecule has 1 aromatic carbocycles. The third-order valence-electron chi connectivity index (χ3n) is 4.84. The molecule has 4 unspecified atom stereocenters. The number of aromatic nitrogens is 2. The summed E-state index contributed by atoms with van der Waals surface area (Å²) in [6.45, 7) is 3.89. The van der Waals surface area contributed by atoms with Gasteiger partial charge >= 0.3 is 17.9 Å². The molecule has 1 aliphatic carbocycles. The summed E-state index contributed by atoms with van der Waals surface area (Å²) in [7, 11) is 0. The van der Waals surface area contributed by atoms with Crippen molar-refractivity contribution in [1.82, 2.24) is 9.55 Å². The number of hydrogen-bond acceptors (Lipinski definition) is 7. The second kappa shape index (κ2) is 9.27. The Morgan fingerprint density at radius 3 is 2.27 bits per heavy atom. The summed E-state index contributed by atoms with van der Waals surface area (Å²) in [4.78, 5) is 39.5. The molecule has 0 saturated heterocycles. The summed E-state index contributed by atoms with van der Waals surface area (Å²) < 4.78 is 18.8. The first kappa shape index (κ1) is 23.1. The van der Waals surface area contributed by atoms with Gasteiger partial charge in [0, 0.05) is 26.7 Å². The van der Waals surface area contributed by atoms with Crippen molar-refractivity contribution >= 4 is 74.7 Å². The van der Waals surface area contributed by atoms with Crippen molar-refractivity contribution in [2.45, 2.75) is 45.4 Å². The summed E-state index contributed by atoms with van der Waals surface area (Å²) in [5, 5.41) is 0.732. The molecule has 1 aliphatic rings. The Morgan fingerprint density at radius 2 is 1.67 bits per heavy atom. The average molecular weight is 569 g/mol. The van der Waals surface area contributed by atoms with Gasteiger partial charge in [0.1, 0.15) is 6.10 Å². The maximum absolute atomic E-state index is 11.9. The van der Waals surface area contributed by atoms with E-state index in [9.17, 15) is 14.4 Å². The highest BCUT2D eigenvalue weighted by atomic mass is 127. The molecule has 8 nitrogen and oxygen atoms in total. The second-order valence-electron chi connectivity index (χ2n) is 7.02. The molecular weight excluding hydrogens is 550 g/mol. The Labute approximate surface area is 196 Å². The molecule has 2 aromatic rings. The molecule has 0 N–H and O–H groups in total. The molecule has 0 aliphatic heterocycles. The summed E-state index contributed by atoms with van der Waals surface area (Å²) in [6, 6.07) is 2.93. The molecule has 162 valence electrons. The smallest absolute Gasteiger partial charge is 0.303 e. The lowest BCUT2D eigenvalue weighted by Crippen LogP contribution is -2.38. The summed E-state index contributed by atoms with van der Waals surface area (Å²) in [5.41, 5.74) is 1.33. The molecule has 3 rings (SSSR count). The zero-order valence-corrected chi connectivity index (χ0v) is 20.0. The second-order valence-corrected chi connectivity index (χ2v) is 8.80. The lowest BCUT2D eigenvalue weighted by Gasteiger charge is -2.27. The maximum Gasteiger partial charge on any atom is 0.303 e. The van der Waals surface area contributed by atoms with Gasteiger partial charge in [-0.15, -0.1) is 0 Å². The van der Waals surface area contributed by atoms with Crippen molar-refractivity contribution in [3.63, 3.8) is 0 Å². The predicted octanol–water partition coefficient (Wildman–Crippen LogP) is 3.94. The van der Waals surface area contributed by atoms with Gasteiger partial charge < -0.3 is 18.8 Å². The van der Waals surface area contributed by atoms with E-state index in [2.05, 4.69) is 27.6 Å². The predicted molar refractivity (Wildman–Crippen MR) is 117 cm³/mol. The molecule has 30 heavy (non-hydrogen) atoms. The van der Waals surface area contributed by atoms with Gasteiger partial charge in [0.2, 0.25) is 0 Å². The number of ether oxygens (including phenoxy) is 3. The molecule has 1 fully saturated rings. The summed E-state index contributed by atoms with van der Waals surface area (Å²) in [5.74, 6) is -1.86. The van der Waals surface area contributed by atoms with Crippen LogP contribution in [0.2, 0.25) is 10.0 Å². The number of esters is 3. The van der Waals surface area contributed by atoms with E-state index in [0.717, 1.165) is 0 Å². The normalized spacial score (nSPS) is 23.4. The lowest BCUT2D eigenvalue weighted by molar-refractivity contribution is -0.168. The van der Waals surface area contributed by atoms with Crippen LogP contribution in [0.15, 0.2) is 12.1 Å². The van der Waals surface area contributed by atoms with Gasteiger partial charge in [-0.05, 0) is 41.1 Å². The van der Waals surface area contributed by atoms with Gasteiger partial charge in [0.25, 0.3) is 0 Å². The molecule has 1 heterocycles. The van der Waals surface area contributed by atoms with Crippen molar-refractivity contribution < 1.29 is 28.6 Å². The Bertz CT molecular complexity index is 1010. The number of fused-ring (bicyclic) bond motifs is 1. The van der Waals surface area contributed by atoms with Crippen LogP contribution in [0.25, 0.3) is 11.0 Å². The third-order valence-corrected chi connectivity index (χ3v) is 6.32. The molecule has 0 radical (unpaired) electrons. The van der Waals surface area contributed by atoms with Crippen LogP contribution in [0.1, 0.15) is 33.2 Å². The minimum absolute atomic E-state index is 0.0251. The minimum atomic E-state index is -0.799. The highest BCUT2D eigenvalue weighted by Gasteiger charge is 2.49. The highest BCUT2D eigenvalue weighted by molar-refractivity contribution is 14.1. The van der Waals surface area contributed by atoms with Gasteiger partial charge in [0.15, 0.2) is 9.94 Å². The van der Waals surface area contributed by atoms with E-state index in [1.807, 2.05) is 4.57 Å². The van der Waals surface area contributed by atoms with Gasteiger partial charge in [-0.25, -0.2) is 4.98 Å². The lowest BCUT2D eigenvalue weighted by atomic mass is 10.1. The average Bonchev–Trinajstić information content (AvgIpc) is 3.10. The minimum Gasteiger partial charge on any atom is -0.465 e. The van der Waals surface area contributed by atoms with Crippen LogP contribution >= 0.6 is 45.8 Å². The van der Waals surface area contributed by atoms with Crippen molar-refractivity contribution in [1.29, 1.82) is 0 Å². The van der Waals surface area contributed by atoms with E-state index in [4.69, 9.17) is 37.4 Å². The number of nitrogens with zero attached hydrogens (tertiary/aromatic N) is 2. The van der Waals surface area contributed by atoms with Crippen LogP contribution in [0.4, 0.5) is 0 Å². The first-order valence-corrected chi connectivity index (χ1v) is 10.9. The number of carbonyl (C=O) groups excluding carboxylic acids is 3. The van der Waals surface area contributed by atoms with E-state index >= 15 is 0 Å². The number of halogens is 3. The molecule has 11 heteroatoms. The van der Waals surface area contributed by atoms with Crippen LogP contribution in [0, 0.1) is 9.75 Å². The van der Waals surface area contributed by atoms with Crippen molar-refractivity contribution in [2.24, 2.45) is 5.92 Å².